The second-order valence-electron chi connectivity index (χ2n) is 4.29. The summed E-state index contributed by atoms with van der Waals surface area (Å²) in [5.41, 5.74) is 5.02. The van der Waals surface area contributed by atoms with Crippen LogP contribution in [0.1, 0.15) is 10.4 Å². The highest BCUT2D eigenvalue weighted by atomic mass is 16.6. The minimum atomic E-state index is -0.729. The van der Waals surface area contributed by atoms with Crippen LogP contribution in [0.2, 0.25) is 0 Å². The van der Waals surface area contributed by atoms with Crippen LogP contribution in [0.3, 0.4) is 0 Å². The van der Waals surface area contributed by atoms with E-state index in [1.807, 2.05) is 0 Å². The standard InChI is InChI=1S/C13H10N4O5/c14-13(18)8-2-1-3-9(6-8)15-11-5-4-10(16(19)20)7-12(11)17(21)22/h1-7,15H,(H2,14,18). The molecule has 0 aliphatic carbocycles. The maximum atomic E-state index is 11.1. The lowest BCUT2D eigenvalue weighted by molar-refractivity contribution is -0.393. The molecule has 0 atom stereocenters. The summed E-state index contributed by atoms with van der Waals surface area (Å²) in [5.74, 6) is -0.637. The molecule has 9 heteroatoms. The van der Waals surface area contributed by atoms with Gasteiger partial charge in [-0.15, -0.1) is 0 Å². The highest BCUT2D eigenvalue weighted by molar-refractivity contribution is 5.94. The first-order valence-corrected chi connectivity index (χ1v) is 5.98. The lowest BCUT2D eigenvalue weighted by atomic mass is 10.1. The van der Waals surface area contributed by atoms with E-state index in [0.29, 0.717) is 5.69 Å². The van der Waals surface area contributed by atoms with Gasteiger partial charge in [0.05, 0.1) is 15.9 Å². The first kappa shape index (κ1) is 14.9. The maximum Gasteiger partial charge on any atom is 0.299 e. The number of non-ortho nitro benzene ring substituents is 1. The Morgan fingerprint density at radius 1 is 1.05 bits per heavy atom. The lowest BCUT2D eigenvalue weighted by Crippen LogP contribution is -2.10. The van der Waals surface area contributed by atoms with Crippen molar-refractivity contribution in [1.82, 2.24) is 0 Å². The second-order valence-corrected chi connectivity index (χ2v) is 4.29. The van der Waals surface area contributed by atoms with E-state index < -0.39 is 21.4 Å². The number of hydrogen-bond donors (Lipinski definition) is 2. The zero-order valence-electron chi connectivity index (χ0n) is 11.1. The molecule has 112 valence electrons. The molecule has 22 heavy (non-hydrogen) atoms. The average Bonchev–Trinajstić information content (AvgIpc) is 2.47. The van der Waals surface area contributed by atoms with Crippen LogP contribution in [0.25, 0.3) is 0 Å². The van der Waals surface area contributed by atoms with E-state index in [1.54, 1.807) is 12.1 Å². The van der Waals surface area contributed by atoms with Crippen molar-refractivity contribution in [2.75, 3.05) is 5.32 Å². The van der Waals surface area contributed by atoms with Gasteiger partial charge in [0.15, 0.2) is 0 Å². The third kappa shape index (κ3) is 3.15. The molecule has 0 saturated carbocycles. The second kappa shape index (κ2) is 5.87. The largest absolute Gasteiger partial charge is 0.366 e. The molecule has 0 saturated heterocycles. The normalized spacial score (nSPS) is 10.0. The van der Waals surface area contributed by atoms with Crippen LogP contribution in [0, 0.1) is 20.2 Å². The number of anilines is 2. The molecule has 0 aromatic heterocycles. The van der Waals surface area contributed by atoms with Crippen molar-refractivity contribution in [2.24, 2.45) is 5.73 Å². The molecule has 0 heterocycles. The zero-order chi connectivity index (χ0) is 16.3. The fraction of sp³-hybridized carbons (Fsp3) is 0. The predicted molar refractivity (Wildman–Crippen MR) is 78.0 cm³/mol. The summed E-state index contributed by atoms with van der Waals surface area (Å²) in [7, 11) is 0. The summed E-state index contributed by atoms with van der Waals surface area (Å²) in [6, 6.07) is 9.29. The fourth-order valence-corrected chi connectivity index (χ4v) is 1.80. The van der Waals surface area contributed by atoms with Crippen molar-refractivity contribution >= 4 is 28.7 Å². The van der Waals surface area contributed by atoms with Crippen molar-refractivity contribution in [3.05, 3.63) is 68.3 Å². The lowest BCUT2D eigenvalue weighted by Gasteiger charge is -2.08. The van der Waals surface area contributed by atoms with Gasteiger partial charge in [-0.25, -0.2) is 0 Å². The minimum Gasteiger partial charge on any atom is -0.366 e. The molecule has 9 nitrogen and oxygen atoms in total. The molecular weight excluding hydrogens is 292 g/mol. The van der Waals surface area contributed by atoms with E-state index in [-0.39, 0.29) is 16.9 Å². The number of carbonyl (C=O) groups excluding carboxylic acids is 1. The van der Waals surface area contributed by atoms with Crippen molar-refractivity contribution in [3.63, 3.8) is 0 Å². The highest BCUT2D eigenvalue weighted by Gasteiger charge is 2.19. The van der Waals surface area contributed by atoms with Gasteiger partial charge >= 0.3 is 0 Å². The van der Waals surface area contributed by atoms with Gasteiger partial charge in [0.25, 0.3) is 11.4 Å². The molecule has 0 radical (unpaired) electrons. The number of rotatable bonds is 5. The first-order chi connectivity index (χ1) is 10.4. The predicted octanol–water partition coefficient (Wildman–Crippen LogP) is 2.35. The molecule has 2 aromatic rings. The van der Waals surface area contributed by atoms with Crippen molar-refractivity contribution in [1.29, 1.82) is 0 Å². The van der Waals surface area contributed by atoms with Crippen LogP contribution in [-0.2, 0) is 0 Å². The molecule has 0 bridgehead atoms. The molecule has 0 fully saturated rings. The fourth-order valence-electron chi connectivity index (χ4n) is 1.80. The van der Waals surface area contributed by atoms with E-state index in [0.717, 1.165) is 12.1 Å². The maximum absolute atomic E-state index is 11.1. The summed E-state index contributed by atoms with van der Waals surface area (Å²) in [6.07, 6.45) is 0. The quantitative estimate of drug-likeness (QED) is 0.641. The Labute approximate surface area is 123 Å². The molecule has 2 rings (SSSR count). The van der Waals surface area contributed by atoms with Crippen LogP contribution < -0.4 is 11.1 Å². The van der Waals surface area contributed by atoms with Gasteiger partial charge in [-0.3, -0.25) is 25.0 Å². The molecular formula is C13H10N4O5. The smallest absolute Gasteiger partial charge is 0.299 e. The zero-order valence-corrected chi connectivity index (χ0v) is 11.1. The number of carbonyl (C=O) groups is 1. The Morgan fingerprint density at radius 2 is 1.77 bits per heavy atom. The van der Waals surface area contributed by atoms with Gasteiger partial charge in [0, 0.05) is 17.3 Å². The van der Waals surface area contributed by atoms with Crippen LogP contribution in [0.5, 0.6) is 0 Å². The number of benzene rings is 2. The molecule has 0 aliphatic rings. The third-order valence-corrected chi connectivity index (χ3v) is 2.81. The monoisotopic (exact) mass is 302 g/mol. The SMILES string of the molecule is NC(=O)c1cccc(Nc2ccc([N+](=O)[O-])cc2[N+](=O)[O-])c1. The Hall–Kier alpha value is -3.49. The van der Waals surface area contributed by atoms with Crippen molar-refractivity contribution < 1.29 is 14.6 Å². The van der Waals surface area contributed by atoms with Crippen LogP contribution >= 0.6 is 0 Å². The number of hydrogen-bond acceptors (Lipinski definition) is 6. The van der Waals surface area contributed by atoms with Crippen molar-refractivity contribution in [2.45, 2.75) is 0 Å². The third-order valence-electron chi connectivity index (χ3n) is 2.81. The van der Waals surface area contributed by atoms with Gasteiger partial charge in [-0.2, -0.15) is 0 Å². The first-order valence-electron chi connectivity index (χ1n) is 5.98. The van der Waals surface area contributed by atoms with Crippen LogP contribution in [-0.4, -0.2) is 15.8 Å². The van der Waals surface area contributed by atoms with Crippen LogP contribution in [0.4, 0.5) is 22.7 Å². The highest BCUT2D eigenvalue weighted by Crippen LogP contribution is 2.31. The van der Waals surface area contributed by atoms with Gasteiger partial charge in [0.1, 0.15) is 5.69 Å². The number of primary amides is 1. The van der Waals surface area contributed by atoms with Gasteiger partial charge < -0.3 is 11.1 Å². The summed E-state index contributed by atoms with van der Waals surface area (Å²) >= 11 is 0. The van der Waals surface area contributed by atoms with Crippen LogP contribution in [0.15, 0.2) is 42.5 Å². The number of nitro groups is 2. The van der Waals surface area contributed by atoms with E-state index in [9.17, 15) is 25.0 Å². The molecule has 3 N–H and O–H groups in total. The number of nitrogens with zero attached hydrogens (tertiary/aromatic N) is 2. The Morgan fingerprint density at radius 3 is 2.36 bits per heavy atom. The Balaban J connectivity index is 2.41. The summed E-state index contributed by atoms with van der Waals surface area (Å²) < 4.78 is 0. The summed E-state index contributed by atoms with van der Waals surface area (Å²) in [5, 5.41) is 24.5. The van der Waals surface area contributed by atoms with E-state index in [2.05, 4.69) is 5.32 Å². The molecule has 2 aromatic carbocycles. The van der Waals surface area contributed by atoms with E-state index in [1.165, 1.54) is 18.2 Å². The van der Waals surface area contributed by atoms with Gasteiger partial charge in [-0.05, 0) is 24.3 Å². The van der Waals surface area contributed by atoms with E-state index in [4.69, 9.17) is 5.73 Å². The molecule has 0 spiro atoms. The summed E-state index contributed by atoms with van der Waals surface area (Å²) in [6.45, 7) is 0. The van der Waals surface area contributed by atoms with Gasteiger partial charge in [0.2, 0.25) is 5.91 Å². The van der Waals surface area contributed by atoms with Gasteiger partial charge in [-0.1, -0.05) is 6.07 Å². The average molecular weight is 302 g/mol. The number of nitro benzene ring substituents is 2. The van der Waals surface area contributed by atoms with Crippen molar-refractivity contribution in [3.8, 4) is 0 Å². The Bertz CT molecular complexity index is 775. The molecule has 1 amide bonds. The number of nitrogens with two attached hydrogens (primary N) is 1. The molecule has 0 aliphatic heterocycles. The topological polar surface area (TPSA) is 141 Å². The Kier molecular flexibility index (Phi) is 3.98. The van der Waals surface area contributed by atoms with E-state index >= 15 is 0 Å². The summed E-state index contributed by atoms with van der Waals surface area (Å²) in [4.78, 5) is 31.4. The minimum absolute atomic E-state index is 0.0669. The number of nitrogens with one attached hydrogen (secondary N) is 1. The number of amides is 1. The molecule has 0 unspecified atom stereocenters.